The number of aromatic nitrogens is 2. The molecular weight excluding hydrogens is 444 g/mol. The van der Waals surface area contributed by atoms with Crippen molar-refractivity contribution in [3.05, 3.63) is 75.8 Å². The molecule has 0 radical (unpaired) electrons. The third-order valence-corrected chi connectivity index (χ3v) is 8.33. The van der Waals surface area contributed by atoms with E-state index in [0.29, 0.717) is 11.9 Å². The fourth-order valence-electron chi connectivity index (χ4n) is 5.28. The van der Waals surface area contributed by atoms with Crippen LogP contribution in [0, 0.1) is 0 Å². The second kappa shape index (κ2) is 9.90. The number of nitrogens with one attached hydrogen (secondary N) is 1. The summed E-state index contributed by atoms with van der Waals surface area (Å²) >= 11 is 1.90. The molecule has 6 nitrogen and oxygen atoms in total. The number of allylic oxidation sites excluding steroid dienone is 7. The first kappa shape index (κ1) is 23.1. The van der Waals surface area contributed by atoms with Crippen LogP contribution >= 0.6 is 11.8 Å². The van der Waals surface area contributed by atoms with Crippen LogP contribution in [0.1, 0.15) is 62.8 Å². The predicted molar refractivity (Wildman–Crippen MR) is 137 cm³/mol. The summed E-state index contributed by atoms with van der Waals surface area (Å²) < 4.78 is 7.43. The van der Waals surface area contributed by atoms with Crippen molar-refractivity contribution in [1.82, 2.24) is 20.0 Å². The third kappa shape index (κ3) is 4.76. The second-order valence-corrected chi connectivity index (χ2v) is 10.9. The summed E-state index contributed by atoms with van der Waals surface area (Å²) in [4.78, 5) is 16.9. The molecule has 3 unspecified atom stereocenters. The lowest BCUT2D eigenvalue weighted by atomic mass is 9.90. The van der Waals surface area contributed by atoms with Gasteiger partial charge in [-0.25, -0.2) is 0 Å². The number of amides is 1. The van der Waals surface area contributed by atoms with Gasteiger partial charge in [0, 0.05) is 47.6 Å². The average molecular weight is 479 g/mol. The predicted octanol–water partition coefficient (Wildman–Crippen LogP) is 4.96. The van der Waals surface area contributed by atoms with Gasteiger partial charge in [-0.2, -0.15) is 5.10 Å². The lowest BCUT2D eigenvalue weighted by Crippen LogP contribution is -2.36. The molecule has 0 spiro atoms. The zero-order valence-corrected chi connectivity index (χ0v) is 21.1. The van der Waals surface area contributed by atoms with E-state index in [9.17, 15) is 4.79 Å². The summed E-state index contributed by atoms with van der Waals surface area (Å²) in [5.74, 6) is 1.54. The summed E-state index contributed by atoms with van der Waals surface area (Å²) in [5, 5.41) is 9.00. The van der Waals surface area contributed by atoms with Gasteiger partial charge in [-0.3, -0.25) is 9.48 Å². The Bertz CT molecular complexity index is 1090. The Hall–Kier alpha value is -2.67. The van der Waals surface area contributed by atoms with Crippen molar-refractivity contribution in [2.45, 2.75) is 63.3 Å². The second-order valence-electron chi connectivity index (χ2n) is 9.51. The monoisotopic (exact) mass is 478 g/mol. The van der Waals surface area contributed by atoms with Crippen molar-refractivity contribution in [1.29, 1.82) is 0 Å². The van der Waals surface area contributed by atoms with Crippen molar-refractivity contribution >= 4 is 17.7 Å². The molecule has 0 saturated heterocycles. The largest absolute Gasteiger partial charge is 0.497 e. The number of ether oxygens (including phenoxy) is 1. The van der Waals surface area contributed by atoms with Gasteiger partial charge in [-0.05, 0) is 50.8 Å². The van der Waals surface area contributed by atoms with Gasteiger partial charge >= 0.3 is 0 Å². The smallest absolute Gasteiger partial charge is 0.244 e. The lowest BCUT2D eigenvalue weighted by Gasteiger charge is -2.23. The first-order chi connectivity index (χ1) is 16.5. The fourth-order valence-corrected chi connectivity index (χ4v) is 6.42. The number of rotatable bonds is 5. The molecule has 2 aliphatic heterocycles. The van der Waals surface area contributed by atoms with Gasteiger partial charge in [0.2, 0.25) is 5.91 Å². The van der Waals surface area contributed by atoms with Gasteiger partial charge in [0.15, 0.2) is 0 Å². The molecule has 180 valence electrons. The maximum absolute atomic E-state index is 13.4. The third-order valence-electron chi connectivity index (χ3n) is 7.13. The van der Waals surface area contributed by atoms with E-state index in [1.807, 2.05) is 27.4 Å². The molecule has 0 fully saturated rings. The maximum atomic E-state index is 13.4. The van der Waals surface area contributed by atoms with Crippen molar-refractivity contribution < 1.29 is 9.53 Å². The summed E-state index contributed by atoms with van der Waals surface area (Å²) in [6.07, 6.45) is 16.5. The van der Waals surface area contributed by atoms with Crippen LogP contribution in [0.4, 0.5) is 0 Å². The summed E-state index contributed by atoms with van der Waals surface area (Å²) in [5.41, 5.74) is 4.71. The minimum atomic E-state index is 0.155. The van der Waals surface area contributed by atoms with E-state index in [1.54, 1.807) is 7.11 Å². The normalized spacial score (nSPS) is 26.6. The van der Waals surface area contributed by atoms with Crippen LogP contribution in [0.3, 0.4) is 0 Å². The molecule has 1 N–H and O–H groups in total. The fraction of sp³-hybridized carbons (Fsp3) is 0.481. The summed E-state index contributed by atoms with van der Waals surface area (Å²) in [6.45, 7) is 6.15. The topological polar surface area (TPSA) is 59.4 Å². The number of hydrogen-bond donors (Lipinski definition) is 1. The molecule has 2 aliphatic carbocycles. The van der Waals surface area contributed by atoms with Crippen molar-refractivity contribution in [2.24, 2.45) is 0 Å². The molecule has 0 bridgehead atoms. The van der Waals surface area contributed by atoms with Gasteiger partial charge in [-0.15, -0.1) is 11.8 Å². The average Bonchev–Trinajstić information content (AvgIpc) is 3.36. The molecule has 3 atom stereocenters. The highest BCUT2D eigenvalue weighted by molar-refractivity contribution is 8.03. The Labute approximate surface area is 206 Å². The number of hydrogen-bond acceptors (Lipinski definition) is 5. The van der Waals surface area contributed by atoms with E-state index in [2.05, 4.69) is 55.6 Å². The first-order valence-electron chi connectivity index (χ1n) is 12.3. The van der Waals surface area contributed by atoms with E-state index >= 15 is 0 Å². The highest BCUT2D eigenvalue weighted by Gasteiger charge is 2.28. The van der Waals surface area contributed by atoms with Crippen molar-refractivity contribution in [3.63, 3.8) is 0 Å². The van der Waals surface area contributed by atoms with Crippen LogP contribution in [0.2, 0.25) is 0 Å². The number of thioether (sulfide) groups is 1. The van der Waals surface area contributed by atoms with E-state index in [0.717, 1.165) is 55.9 Å². The zero-order chi connectivity index (χ0) is 23.7. The van der Waals surface area contributed by atoms with E-state index < -0.39 is 0 Å². The molecule has 34 heavy (non-hydrogen) atoms. The molecule has 4 aliphatic rings. The SMILES string of the molecule is COC1=C(C)CC(c2cc(C3C=CC=CC3)n(CC(=O)N3CCC4=C(CC3)SC(C)N4)n2)C=C1. The Morgan fingerprint density at radius 3 is 2.85 bits per heavy atom. The molecule has 1 aromatic heterocycles. The van der Waals surface area contributed by atoms with Gasteiger partial charge in [0.05, 0.1) is 18.2 Å². The van der Waals surface area contributed by atoms with Crippen LogP contribution in [0.25, 0.3) is 0 Å². The Kier molecular flexibility index (Phi) is 6.73. The van der Waals surface area contributed by atoms with Crippen molar-refractivity contribution in [3.8, 4) is 0 Å². The van der Waals surface area contributed by atoms with Crippen LogP contribution in [-0.2, 0) is 16.1 Å². The van der Waals surface area contributed by atoms with E-state index in [1.165, 1.54) is 16.2 Å². The van der Waals surface area contributed by atoms with Gasteiger partial charge < -0.3 is 15.0 Å². The molecule has 3 heterocycles. The minimum Gasteiger partial charge on any atom is -0.497 e. The molecule has 1 amide bonds. The number of nitrogens with zero attached hydrogens (tertiary/aromatic N) is 3. The van der Waals surface area contributed by atoms with Gasteiger partial charge in [0.1, 0.15) is 12.3 Å². The molecule has 0 aromatic carbocycles. The lowest BCUT2D eigenvalue weighted by molar-refractivity contribution is -0.132. The van der Waals surface area contributed by atoms with Crippen LogP contribution < -0.4 is 5.32 Å². The highest BCUT2D eigenvalue weighted by atomic mass is 32.2. The summed E-state index contributed by atoms with van der Waals surface area (Å²) in [7, 11) is 1.72. The van der Waals surface area contributed by atoms with Gasteiger partial charge in [0.25, 0.3) is 0 Å². The van der Waals surface area contributed by atoms with Crippen LogP contribution in [-0.4, -0.2) is 46.2 Å². The highest BCUT2D eigenvalue weighted by Crippen LogP contribution is 2.36. The van der Waals surface area contributed by atoms with E-state index in [4.69, 9.17) is 9.84 Å². The van der Waals surface area contributed by atoms with Gasteiger partial charge in [-0.1, -0.05) is 30.4 Å². The molecule has 0 saturated carbocycles. The standard InChI is InChI=1S/C27H34N4O2S/c1-18-15-21(9-10-25(18)33-3)23-16-24(20-7-5-4-6-8-20)31(29-23)17-27(32)30-13-11-22-26(12-14-30)34-19(2)28-22/h4-7,9-10,16,19-21,28H,8,11-15,17H2,1-3H3. The first-order valence-corrected chi connectivity index (χ1v) is 13.2. The Morgan fingerprint density at radius 1 is 1.24 bits per heavy atom. The Balaban J connectivity index is 1.34. The number of carbonyl (C=O) groups excluding carboxylic acids is 1. The molecule has 7 heteroatoms. The number of methoxy groups -OCH3 is 1. The zero-order valence-electron chi connectivity index (χ0n) is 20.3. The molecule has 1 aromatic rings. The molecule has 5 rings (SSSR count). The maximum Gasteiger partial charge on any atom is 0.244 e. The van der Waals surface area contributed by atoms with Crippen molar-refractivity contribution in [2.75, 3.05) is 20.2 Å². The Morgan fingerprint density at radius 2 is 2.09 bits per heavy atom. The summed E-state index contributed by atoms with van der Waals surface area (Å²) in [6, 6.07) is 2.21. The minimum absolute atomic E-state index is 0.155. The molecular formula is C27H34N4O2S. The van der Waals surface area contributed by atoms with Crippen LogP contribution in [0.5, 0.6) is 0 Å². The quantitative estimate of drug-likeness (QED) is 0.648. The van der Waals surface area contributed by atoms with E-state index in [-0.39, 0.29) is 17.7 Å². The van der Waals surface area contributed by atoms with Crippen LogP contribution in [0.15, 0.2) is 64.5 Å². The number of carbonyl (C=O) groups is 1.